The minimum absolute atomic E-state index is 0.0885. The van der Waals surface area contributed by atoms with Crippen molar-refractivity contribution in [3.8, 4) is 0 Å². The zero-order valence-corrected chi connectivity index (χ0v) is 35.8. The minimum Gasteiger partial charge on any atom is -0.207 e. The highest BCUT2D eigenvalue weighted by atomic mass is 35.5. The van der Waals surface area contributed by atoms with Gasteiger partial charge in [-0.25, -0.2) is 26.3 Å². The Morgan fingerprint density at radius 1 is 0.268 bits per heavy atom. The molecule has 0 N–H and O–H groups in total. The molecular weight excluding hydrogens is 761 g/mol. The van der Waals surface area contributed by atoms with Gasteiger partial charge in [0.15, 0.2) is 0 Å². The van der Waals surface area contributed by atoms with E-state index >= 15 is 0 Å². The first-order valence-corrected chi connectivity index (χ1v) is 18.5. The molecule has 0 unspecified atom stereocenters. The average Bonchev–Trinajstić information content (AvgIpc) is 3.11. The van der Waals surface area contributed by atoms with E-state index in [1.165, 1.54) is 73.9 Å². The van der Waals surface area contributed by atoms with Crippen LogP contribution in [-0.2, 0) is 0 Å². The maximum Gasteiger partial charge on any atom is 0.129 e. The van der Waals surface area contributed by atoms with Crippen molar-refractivity contribution in [3.63, 3.8) is 0 Å². The Labute approximate surface area is 340 Å². The Morgan fingerprint density at radius 2 is 0.571 bits per heavy atom. The topological polar surface area (TPSA) is 0 Å². The van der Waals surface area contributed by atoms with E-state index in [-0.39, 0.29) is 28.8 Å². The van der Waals surface area contributed by atoms with Crippen molar-refractivity contribution in [1.82, 2.24) is 0 Å². The van der Waals surface area contributed by atoms with Crippen LogP contribution in [0.25, 0.3) is 0 Å². The predicted molar refractivity (Wildman–Crippen MR) is 225 cm³/mol. The number of hydrogen-bond acceptors (Lipinski definition) is 0. The van der Waals surface area contributed by atoms with Crippen molar-refractivity contribution in [3.05, 3.63) is 209 Å². The van der Waals surface area contributed by atoms with Gasteiger partial charge in [-0.2, -0.15) is 0 Å². The van der Waals surface area contributed by atoms with Crippen LogP contribution in [0, 0.1) is 118 Å². The lowest BCUT2D eigenvalue weighted by atomic mass is 10.1. The lowest BCUT2D eigenvalue weighted by Crippen LogP contribution is -1.88. The Balaban J connectivity index is 0.000000337. The highest BCUT2D eigenvalue weighted by Crippen LogP contribution is 2.20. The van der Waals surface area contributed by atoms with E-state index in [9.17, 15) is 26.3 Å². The zero-order chi connectivity index (χ0) is 42.9. The summed E-state index contributed by atoms with van der Waals surface area (Å²) in [5, 5.41) is 1.35. The van der Waals surface area contributed by atoms with Gasteiger partial charge < -0.3 is 0 Å². The van der Waals surface area contributed by atoms with Crippen molar-refractivity contribution >= 4 is 23.2 Å². The quantitative estimate of drug-likeness (QED) is 0.134. The Hall–Kier alpha value is -4.52. The van der Waals surface area contributed by atoms with Gasteiger partial charge in [-0.3, -0.25) is 0 Å². The van der Waals surface area contributed by atoms with Gasteiger partial charge >= 0.3 is 0 Å². The summed E-state index contributed by atoms with van der Waals surface area (Å²) in [5.41, 5.74) is 9.47. The second kappa shape index (κ2) is 24.2. The molecule has 0 bridgehead atoms. The fourth-order valence-corrected chi connectivity index (χ4v) is 4.82. The lowest BCUT2D eigenvalue weighted by molar-refractivity contribution is 0.566. The lowest BCUT2D eigenvalue weighted by Gasteiger charge is -1.99. The van der Waals surface area contributed by atoms with Gasteiger partial charge in [-0.15, -0.1) is 0 Å². The van der Waals surface area contributed by atoms with E-state index < -0.39 is 11.6 Å². The summed E-state index contributed by atoms with van der Waals surface area (Å²) >= 11 is 11.5. The molecule has 0 radical (unpaired) electrons. The van der Waals surface area contributed by atoms with Gasteiger partial charge in [-0.1, -0.05) is 82.9 Å². The normalized spacial score (nSPS) is 9.79. The molecule has 0 aliphatic rings. The molecule has 0 spiro atoms. The Morgan fingerprint density at radius 3 is 0.929 bits per heavy atom. The molecule has 0 atom stereocenters. The molecule has 6 aromatic rings. The first kappa shape index (κ1) is 49.5. The highest BCUT2D eigenvalue weighted by molar-refractivity contribution is 6.31. The summed E-state index contributed by atoms with van der Waals surface area (Å²) in [7, 11) is 0. The van der Waals surface area contributed by atoms with E-state index in [0.29, 0.717) is 32.8 Å². The van der Waals surface area contributed by atoms with Crippen LogP contribution in [0.15, 0.2) is 97.1 Å². The van der Waals surface area contributed by atoms with E-state index in [4.69, 9.17) is 23.2 Å². The fraction of sp³-hybridized carbons (Fsp3) is 0.250. The third-order valence-corrected chi connectivity index (χ3v) is 8.96. The number of hydrogen-bond donors (Lipinski definition) is 0. The fourth-order valence-electron chi connectivity index (χ4n) is 4.32. The van der Waals surface area contributed by atoms with Crippen LogP contribution in [0.3, 0.4) is 0 Å². The van der Waals surface area contributed by atoms with Crippen molar-refractivity contribution < 1.29 is 26.3 Å². The molecule has 0 saturated heterocycles. The summed E-state index contributed by atoms with van der Waals surface area (Å²) in [5.74, 6) is -1.99. The second-order valence-corrected chi connectivity index (χ2v) is 14.5. The van der Waals surface area contributed by atoms with Gasteiger partial charge in [0.05, 0.1) is 0 Å². The van der Waals surface area contributed by atoms with Crippen LogP contribution in [0.4, 0.5) is 26.3 Å². The van der Waals surface area contributed by atoms with E-state index in [1.807, 2.05) is 45.9 Å². The number of rotatable bonds is 0. The molecule has 8 heteroatoms. The molecule has 0 fully saturated rings. The summed E-state index contributed by atoms with van der Waals surface area (Å²) in [6.07, 6.45) is 0. The molecule has 0 saturated carbocycles. The van der Waals surface area contributed by atoms with Crippen LogP contribution in [-0.4, -0.2) is 0 Å². The first-order chi connectivity index (χ1) is 26.0. The van der Waals surface area contributed by atoms with Gasteiger partial charge in [0.1, 0.15) is 34.9 Å². The van der Waals surface area contributed by atoms with Crippen molar-refractivity contribution in [2.24, 2.45) is 0 Å². The van der Waals surface area contributed by atoms with Gasteiger partial charge in [0, 0.05) is 21.2 Å². The summed E-state index contributed by atoms with van der Waals surface area (Å²) < 4.78 is 75.7. The maximum atomic E-state index is 12.8. The third-order valence-electron chi connectivity index (χ3n) is 8.16. The van der Waals surface area contributed by atoms with Crippen LogP contribution in [0.1, 0.15) is 66.8 Å². The minimum atomic E-state index is -0.475. The van der Waals surface area contributed by atoms with Crippen molar-refractivity contribution in [2.45, 2.75) is 83.1 Å². The van der Waals surface area contributed by atoms with E-state index in [0.717, 1.165) is 21.7 Å². The largest absolute Gasteiger partial charge is 0.207 e. The standard InChI is InChI=1S/C8H8ClF.C8H9Cl.2C8H8F2.C8H9F.C8H10/c1-5-3-7(9)6(2)8(10)4-5;1-6-3-4-7(2)8(9)5-6;1-5-3-8(10)6(2)4-7(5)9;1-5-3-7(9)6(2)8(10)4-5;1-6-3-4-7(2)8(9)5-6;1-7-3-5-8(2)6-4-7/h3-4H,1-2H3;3-5H,1-2H3;2*3-4H,1-2H3;3-5H,1-2H3;3-6H,1-2H3. The Bertz CT molecular complexity index is 1940. The van der Waals surface area contributed by atoms with Gasteiger partial charge in [-0.05, 0) is 176 Å². The second-order valence-electron chi connectivity index (χ2n) is 13.7. The molecule has 0 aromatic heterocycles. The molecule has 6 aromatic carbocycles. The molecule has 0 aliphatic carbocycles. The molecular formula is C48H52Cl2F6. The van der Waals surface area contributed by atoms with Gasteiger partial charge in [0.2, 0.25) is 0 Å². The van der Waals surface area contributed by atoms with Crippen molar-refractivity contribution in [1.29, 1.82) is 0 Å². The smallest absolute Gasteiger partial charge is 0.129 e. The SMILES string of the molecule is Cc1cc(F)c(C)c(Cl)c1.Cc1cc(F)c(C)c(F)c1.Cc1cc(F)c(C)cc1F.Cc1ccc(C)c(Cl)c1.Cc1ccc(C)c(F)c1.Cc1ccc(C)cc1. The summed E-state index contributed by atoms with van der Waals surface area (Å²) in [6, 6.07) is 28.0. The van der Waals surface area contributed by atoms with Crippen LogP contribution in [0.5, 0.6) is 0 Å². The van der Waals surface area contributed by atoms with Crippen LogP contribution in [0.2, 0.25) is 10.0 Å². The van der Waals surface area contributed by atoms with Crippen LogP contribution >= 0.6 is 23.2 Å². The maximum absolute atomic E-state index is 12.8. The summed E-state index contributed by atoms with van der Waals surface area (Å²) in [4.78, 5) is 0. The predicted octanol–water partition coefficient (Wildman–Crippen LogP) is 16.0. The van der Waals surface area contributed by atoms with E-state index in [1.54, 1.807) is 32.9 Å². The molecule has 0 heterocycles. The molecule has 300 valence electrons. The third kappa shape index (κ3) is 18.4. The molecule has 0 nitrogen and oxygen atoms in total. The number of benzene rings is 6. The van der Waals surface area contributed by atoms with E-state index in [2.05, 4.69) is 44.2 Å². The molecule has 0 amide bonds. The van der Waals surface area contributed by atoms with Gasteiger partial charge in [0.25, 0.3) is 0 Å². The number of halogens is 8. The number of aryl methyl sites for hydroxylation is 10. The van der Waals surface area contributed by atoms with Crippen molar-refractivity contribution in [2.75, 3.05) is 0 Å². The molecule has 0 aliphatic heterocycles. The summed E-state index contributed by atoms with van der Waals surface area (Å²) in [6.45, 7) is 21.5. The average molecular weight is 814 g/mol. The zero-order valence-electron chi connectivity index (χ0n) is 34.3. The first-order valence-electron chi connectivity index (χ1n) is 17.8. The highest BCUT2D eigenvalue weighted by Gasteiger charge is 2.04. The molecule has 56 heavy (non-hydrogen) atoms. The van der Waals surface area contributed by atoms with Crippen LogP contribution < -0.4 is 0 Å². The Kier molecular flexibility index (Phi) is 21.4. The molecule has 6 rings (SSSR count). The monoisotopic (exact) mass is 812 g/mol.